The van der Waals surface area contributed by atoms with Crippen molar-refractivity contribution < 1.29 is 0 Å². The molecule has 0 atom stereocenters. The molecule has 2 aromatic carbocycles. The second-order valence-electron chi connectivity index (χ2n) is 8.69. The van der Waals surface area contributed by atoms with Crippen molar-refractivity contribution in [1.82, 2.24) is 19.9 Å². The molecule has 2 N–H and O–H groups in total. The molecule has 0 aliphatic heterocycles. The Hall–Kier alpha value is -2.12. The minimum atomic E-state index is 0.538. The van der Waals surface area contributed by atoms with Crippen molar-refractivity contribution in [2.24, 2.45) is 0 Å². The normalized spacial score (nSPS) is 11.3. The molecule has 0 bridgehead atoms. The number of rotatable bonds is 13. The maximum atomic E-state index is 6.25. The van der Waals surface area contributed by atoms with Crippen LogP contribution in [0.5, 0.6) is 0 Å². The lowest BCUT2D eigenvalue weighted by Crippen LogP contribution is -2.05. The Kier molecular flexibility index (Phi) is 10.0. The van der Waals surface area contributed by atoms with Crippen LogP contribution < -0.4 is 10.6 Å². The van der Waals surface area contributed by atoms with Crippen molar-refractivity contribution in [3.8, 4) is 0 Å². The Morgan fingerprint density at radius 3 is 1.31 bits per heavy atom. The SMILES string of the molecule is Clc1cc(Cl)c2ncnc(NCCCCCCCCCCNc3ncnc4c(Cl)cc(Cl)cc34)c2c1. The first-order valence-electron chi connectivity index (χ1n) is 12.2. The van der Waals surface area contributed by atoms with E-state index in [4.69, 9.17) is 46.4 Å². The molecule has 0 saturated carbocycles. The summed E-state index contributed by atoms with van der Waals surface area (Å²) in [6.45, 7) is 1.71. The van der Waals surface area contributed by atoms with Crippen LogP contribution in [-0.2, 0) is 0 Å². The van der Waals surface area contributed by atoms with E-state index in [2.05, 4.69) is 30.6 Å². The van der Waals surface area contributed by atoms with Gasteiger partial charge >= 0.3 is 0 Å². The molecule has 4 aromatic rings. The standard InChI is InChI=1S/C26H28Cl4N6/c27-17-11-19-23(21(29)13-17)33-15-35-25(19)31-9-7-5-3-1-2-4-6-8-10-32-26-20-12-18(28)14-22(30)24(20)34-16-36-26/h11-16H,1-10H2,(H,31,33,35)(H,32,34,36). The second kappa shape index (κ2) is 13.4. The lowest BCUT2D eigenvalue weighted by Gasteiger charge is -2.10. The second-order valence-corrected chi connectivity index (χ2v) is 10.4. The fourth-order valence-electron chi connectivity index (χ4n) is 4.19. The van der Waals surface area contributed by atoms with Crippen LogP contribution in [0.4, 0.5) is 11.6 Å². The smallest absolute Gasteiger partial charge is 0.137 e. The highest BCUT2D eigenvalue weighted by Crippen LogP contribution is 2.30. The Balaban J connectivity index is 1.07. The fraction of sp³-hybridized carbons (Fsp3) is 0.385. The molecule has 0 spiro atoms. The van der Waals surface area contributed by atoms with Gasteiger partial charge in [0.05, 0.1) is 21.1 Å². The van der Waals surface area contributed by atoms with E-state index >= 15 is 0 Å². The van der Waals surface area contributed by atoms with E-state index in [0.29, 0.717) is 31.1 Å². The number of unbranched alkanes of at least 4 members (excludes halogenated alkanes) is 7. The number of nitrogens with zero attached hydrogens (tertiary/aromatic N) is 4. The topological polar surface area (TPSA) is 75.6 Å². The highest BCUT2D eigenvalue weighted by atomic mass is 35.5. The first-order valence-corrected chi connectivity index (χ1v) is 13.7. The Morgan fingerprint density at radius 2 is 0.889 bits per heavy atom. The summed E-state index contributed by atoms with van der Waals surface area (Å²) in [5, 5.41) is 10.7. The zero-order valence-corrected chi connectivity index (χ0v) is 22.9. The first-order chi connectivity index (χ1) is 17.5. The lowest BCUT2D eigenvalue weighted by atomic mass is 10.1. The molecule has 36 heavy (non-hydrogen) atoms. The maximum Gasteiger partial charge on any atom is 0.137 e. The summed E-state index contributed by atoms with van der Waals surface area (Å²) in [7, 11) is 0. The maximum absolute atomic E-state index is 6.25. The van der Waals surface area contributed by atoms with Crippen LogP contribution in [0.25, 0.3) is 21.8 Å². The molecule has 6 nitrogen and oxygen atoms in total. The molecule has 0 unspecified atom stereocenters. The van der Waals surface area contributed by atoms with Gasteiger partial charge in [0, 0.05) is 33.9 Å². The van der Waals surface area contributed by atoms with E-state index < -0.39 is 0 Å². The average Bonchev–Trinajstić information content (AvgIpc) is 2.85. The van der Waals surface area contributed by atoms with Crippen LogP contribution in [0, 0.1) is 0 Å². The third-order valence-corrected chi connectivity index (χ3v) is 7.02. The largest absolute Gasteiger partial charge is 0.369 e. The van der Waals surface area contributed by atoms with Crippen LogP contribution in [0.1, 0.15) is 51.4 Å². The summed E-state index contributed by atoms with van der Waals surface area (Å²) in [5.41, 5.74) is 1.43. The lowest BCUT2D eigenvalue weighted by molar-refractivity contribution is 0.577. The molecule has 0 amide bonds. The van der Waals surface area contributed by atoms with Gasteiger partial charge in [-0.2, -0.15) is 0 Å². The molecule has 2 aromatic heterocycles. The molecule has 190 valence electrons. The van der Waals surface area contributed by atoms with Gasteiger partial charge in [0.1, 0.15) is 24.3 Å². The number of aromatic nitrogens is 4. The molecular weight excluding hydrogens is 538 g/mol. The Bertz CT molecular complexity index is 1220. The number of anilines is 2. The molecule has 0 aliphatic carbocycles. The number of hydrogen-bond acceptors (Lipinski definition) is 6. The highest BCUT2D eigenvalue weighted by molar-refractivity contribution is 6.39. The van der Waals surface area contributed by atoms with Gasteiger partial charge in [-0.1, -0.05) is 84.9 Å². The van der Waals surface area contributed by atoms with Gasteiger partial charge in [-0.3, -0.25) is 0 Å². The van der Waals surface area contributed by atoms with Gasteiger partial charge in [0.2, 0.25) is 0 Å². The Morgan fingerprint density at radius 1 is 0.500 bits per heavy atom. The number of nitrogens with one attached hydrogen (secondary N) is 2. The molecule has 2 heterocycles. The van der Waals surface area contributed by atoms with E-state index in [0.717, 1.165) is 48.3 Å². The fourth-order valence-corrected chi connectivity index (χ4v) is 5.27. The molecule has 0 radical (unpaired) electrons. The summed E-state index contributed by atoms with van der Waals surface area (Å²) in [6.07, 6.45) is 12.6. The number of benzene rings is 2. The zero-order chi connectivity index (χ0) is 25.3. The summed E-state index contributed by atoms with van der Waals surface area (Å²) in [4.78, 5) is 17.2. The number of halogens is 4. The van der Waals surface area contributed by atoms with E-state index in [1.807, 2.05) is 12.1 Å². The van der Waals surface area contributed by atoms with E-state index in [9.17, 15) is 0 Å². The van der Waals surface area contributed by atoms with Gasteiger partial charge in [-0.25, -0.2) is 19.9 Å². The van der Waals surface area contributed by atoms with E-state index in [1.54, 1.807) is 12.1 Å². The molecule has 10 heteroatoms. The molecular formula is C26H28Cl4N6. The van der Waals surface area contributed by atoms with Crippen LogP contribution in [0.15, 0.2) is 36.9 Å². The summed E-state index contributed by atoms with van der Waals surface area (Å²) < 4.78 is 0. The van der Waals surface area contributed by atoms with Crippen molar-refractivity contribution >= 4 is 79.8 Å². The van der Waals surface area contributed by atoms with Crippen LogP contribution in [0.2, 0.25) is 20.1 Å². The average molecular weight is 566 g/mol. The third-order valence-electron chi connectivity index (χ3n) is 6.00. The minimum absolute atomic E-state index is 0.538. The third kappa shape index (κ3) is 7.22. The van der Waals surface area contributed by atoms with Crippen molar-refractivity contribution in [3.63, 3.8) is 0 Å². The predicted octanol–water partition coefficient (Wildman–Crippen LogP) is 8.83. The van der Waals surface area contributed by atoms with Crippen molar-refractivity contribution in [1.29, 1.82) is 0 Å². The van der Waals surface area contributed by atoms with Crippen molar-refractivity contribution in [3.05, 3.63) is 57.0 Å². The van der Waals surface area contributed by atoms with Crippen molar-refractivity contribution in [2.75, 3.05) is 23.7 Å². The van der Waals surface area contributed by atoms with Crippen LogP contribution in [-0.4, -0.2) is 33.0 Å². The molecule has 0 fully saturated rings. The monoisotopic (exact) mass is 564 g/mol. The Labute approximate surface area is 231 Å². The number of hydrogen-bond donors (Lipinski definition) is 2. The summed E-state index contributed by atoms with van der Waals surface area (Å²) in [5.74, 6) is 1.55. The van der Waals surface area contributed by atoms with Gasteiger partial charge in [0.25, 0.3) is 0 Å². The molecule has 0 aliphatic rings. The predicted molar refractivity (Wildman–Crippen MR) is 153 cm³/mol. The van der Waals surface area contributed by atoms with E-state index in [1.165, 1.54) is 51.2 Å². The molecule has 4 rings (SSSR count). The first kappa shape index (κ1) is 26.9. The summed E-state index contributed by atoms with van der Waals surface area (Å²) >= 11 is 24.8. The highest BCUT2D eigenvalue weighted by Gasteiger charge is 2.09. The van der Waals surface area contributed by atoms with Gasteiger partial charge in [-0.15, -0.1) is 0 Å². The number of fused-ring (bicyclic) bond motifs is 2. The minimum Gasteiger partial charge on any atom is -0.369 e. The van der Waals surface area contributed by atoms with Gasteiger partial charge < -0.3 is 10.6 Å². The zero-order valence-electron chi connectivity index (χ0n) is 19.8. The quantitative estimate of drug-likeness (QED) is 0.158. The summed E-state index contributed by atoms with van der Waals surface area (Å²) in [6, 6.07) is 7.10. The van der Waals surface area contributed by atoms with Gasteiger partial charge in [-0.05, 0) is 37.1 Å². The van der Waals surface area contributed by atoms with Gasteiger partial charge in [0.15, 0.2) is 0 Å². The van der Waals surface area contributed by atoms with Crippen molar-refractivity contribution in [2.45, 2.75) is 51.4 Å². The van der Waals surface area contributed by atoms with E-state index in [-0.39, 0.29) is 0 Å². The van der Waals surface area contributed by atoms with Crippen LogP contribution in [0.3, 0.4) is 0 Å². The molecule has 0 saturated heterocycles. The van der Waals surface area contributed by atoms with Crippen LogP contribution >= 0.6 is 46.4 Å².